The lowest BCUT2D eigenvalue weighted by Gasteiger charge is -2.31. The highest BCUT2D eigenvalue weighted by Crippen LogP contribution is 2.30. The van der Waals surface area contributed by atoms with Crippen molar-refractivity contribution >= 4 is 16.7 Å². The Kier molecular flexibility index (Phi) is 7.60. The molecule has 1 heterocycles. The second-order valence-electron chi connectivity index (χ2n) is 10.9. The van der Waals surface area contributed by atoms with Crippen molar-refractivity contribution in [2.45, 2.75) is 77.5 Å². The smallest absolute Gasteiger partial charge is 0.306 e. The number of aliphatic carboxylic acids is 1. The van der Waals surface area contributed by atoms with Crippen molar-refractivity contribution in [2.75, 3.05) is 19.7 Å². The predicted octanol–water partition coefficient (Wildman–Crippen LogP) is 5.89. The minimum absolute atomic E-state index is 0.0600. The lowest BCUT2D eigenvalue weighted by Crippen LogP contribution is -2.35. The van der Waals surface area contributed by atoms with E-state index < -0.39 is 5.97 Å². The van der Waals surface area contributed by atoms with Gasteiger partial charge in [-0.2, -0.15) is 0 Å². The van der Waals surface area contributed by atoms with Crippen LogP contribution < -0.4 is 4.74 Å². The van der Waals surface area contributed by atoms with Crippen LogP contribution in [0.2, 0.25) is 0 Å². The summed E-state index contributed by atoms with van der Waals surface area (Å²) in [5.41, 5.74) is 1.22. The summed E-state index contributed by atoms with van der Waals surface area (Å²) in [6.45, 7) is 9.80. The van der Waals surface area contributed by atoms with Gasteiger partial charge < -0.3 is 14.6 Å². The van der Waals surface area contributed by atoms with E-state index in [4.69, 9.17) is 9.47 Å². The first-order chi connectivity index (χ1) is 15.7. The molecule has 33 heavy (non-hydrogen) atoms. The molecule has 1 aliphatic heterocycles. The molecule has 4 rings (SSSR count). The second-order valence-corrected chi connectivity index (χ2v) is 10.9. The van der Waals surface area contributed by atoms with Crippen molar-refractivity contribution in [3.05, 3.63) is 42.0 Å². The first-order valence-corrected chi connectivity index (χ1v) is 12.5. The number of likely N-dealkylation sites (tertiary alicyclic amines) is 1. The Bertz CT molecular complexity index is 935. The summed E-state index contributed by atoms with van der Waals surface area (Å²) in [5, 5.41) is 11.6. The third-order valence-electron chi connectivity index (χ3n) is 7.07. The number of piperidine rings is 1. The fraction of sp³-hybridized carbons (Fsp3) is 0.607. The van der Waals surface area contributed by atoms with Crippen LogP contribution in [0.1, 0.15) is 64.9 Å². The molecule has 0 radical (unpaired) electrons. The third kappa shape index (κ3) is 6.94. The molecule has 1 N–H and O–H groups in total. The molecule has 0 amide bonds. The van der Waals surface area contributed by atoms with E-state index in [0.717, 1.165) is 57.7 Å². The highest BCUT2D eigenvalue weighted by molar-refractivity contribution is 5.84. The van der Waals surface area contributed by atoms with E-state index >= 15 is 0 Å². The van der Waals surface area contributed by atoms with Crippen LogP contribution in [0, 0.1) is 11.8 Å². The highest BCUT2D eigenvalue weighted by Gasteiger charge is 2.25. The number of hydrogen-bond acceptors (Lipinski definition) is 4. The van der Waals surface area contributed by atoms with Gasteiger partial charge in [-0.3, -0.25) is 9.69 Å². The number of ether oxygens (including phenoxy) is 2. The van der Waals surface area contributed by atoms with E-state index in [0.29, 0.717) is 12.0 Å². The minimum Gasteiger partial charge on any atom is -0.490 e. The number of carboxylic acid groups (broad SMARTS) is 1. The summed E-state index contributed by atoms with van der Waals surface area (Å²) >= 11 is 0. The van der Waals surface area contributed by atoms with Gasteiger partial charge >= 0.3 is 5.97 Å². The molecule has 0 spiro atoms. The molecular formula is C28H39NO4. The fourth-order valence-electron chi connectivity index (χ4n) is 5.02. The Balaban J connectivity index is 1.28. The lowest BCUT2D eigenvalue weighted by atomic mass is 9.88. The summed E-state index contributed by atoms with van der Waals surface area (Å²) in [6.07, 6.45) is 6.30. The van der Waals surface area contributed by atoms with Gasteiger partial charge in [0.15, 0.2) is 0 Å². The standard InChI is InChI=1S/C28H39NO4/c1-28(2,3)32-19-20-5-9-25(10-6-20)33-26-11-8-23-16-21(4-7-24(23)17-26)18-29-14-12-22(13-15-29)27(30)31/h4,7-8,11,16-17,20,22,25H,5-6,9-10,12-15,18-19H2,1-3H3,(H,30,31). The summed E-state index contributed by atoms with van der Waals surface area (Å²) in [5.74, 6) is 0.776. The average Bonchev–Trinajstić information content (AvgIpc) is 2.78. The van der Waals surface area contributed by atoms with Gasteiger partial charge in [-0.1, -0.05) is 18.2 Å². The molecule has 1 saturated heterocycles. The minimum atomic E-state index is -0.652. The highest BCUT2D eigenvalue weighted by atomic mass is 16.5. The molecule has 2 aliphatic rings. The Morgan fingerprint density at radius 2 is 1.64 bits per heavy atom. The normalized spacial score (nSPS) is 23.0. The SMILES string of the molecule is CC(C)(C)OCC1CCC(Oc2ccc3cc(CN4CCC(C(=O)O)CC4)ccc3c2)CC1. The molecule has 180 valence electrons. The molecule has 0 bridgehead atoms. The second kappa shape index (κ2) is 10.4. The van der Waals surface area contributed by atoms with Crippen molar-refractivity contribution in [3.8, 4) is 5.75 Å². The van der Waals surface area contributed by atoms with E-state index in [1.165, 1.54) is 29.2 Å². The molecule has 2 aromatic carbocycles. The molecule has 1 aliphatic carbocycles. The van der Waals surface area contributed by atoms with Crippen LogP contribution >= 0.6 is 0 Å². The maximum absolute atomic E-state index is 11.2. The van der Waals surface area contributed by atoms with Crippen molar-refractivity contribution < 1.29 is 19.4 Å². The molecule has 2 fully saturated rings. The van der Waals surface area contributed by atoms with Gasteiger partial charge in [-0.05, 0) is 113 Å². The van der Waals surface area contributed by atoms with Gasteiger partial charge in [0.1, 0.15) is 5.75 Å². The van der Waals surface area contributed by atoms with Gasteiger partial charge in [-0.15, -0.1) is 0 Å². The van der Waals surface area contributed by atoms with Crippen molar-refractivity contribution in [2.24, 2.45) is 11.8 Å². The van der Waals surface area contributed by atoms with Crippen LogP contribution in [0.5, 0.6) is 5.75 Å². The largest absolute Gasteiger partial charge is 0.490 e. The maximum atomic E-state index is 11.2. The molecule has 0 atom stereocenters. The van der Waals surface area contributed by atoms with E-state index in [1.807, 2.05) is 0 Å². The Morgan fingerprint density at radius 1 is 0.970 bits per heavy atom. The Labute approximate surface area is 198 Å². The molecule has 5 heteroatoms. The van der Waals surface area contributed by atoms with Crippen molar-refractivity contribution in [3.63, 3.8) is 0 Å². The molecule has 1 saturated carbocycles. The van der Waals surface area contributed by atoms with Crippen LogP contribution in [-0.2, 0) is 16.1 Å². The van der Waals surface area contributed by atoms with E-state index in [1.54, 1.807) is 0 Å². The van der Waals surface area contributed by atoms with Gasteiger partial charge in [0, 0.05) is 6.54 Å². The number of rotatable bonds is 7. The van der Waals surface area contributed by atoms with Crippen LogP contribution in [0.15, 0.2) is 36.4 Å². The molecule has 5 nitrogen and oxygen atoms in total. The monoisotopic (exact) mass is 453 g/mol. The number of benzene rings is 2. The van der Waals surface area contributed by atoms with Crippen LogP contribution in [0.25, 0.3) is 10.8 Å². The van der Waals surface area contributed by atoms with Crippen molar-refractivity contribution in [1.82, 2.24) is 4.90 Å². The summed E-state index contributed by atoms with van der Waals surface area (Å²) < 4.78 is 12.3. The summed E-state index contributed by atoms with van der Waals surface area (Å²) in [4.78, 5) is 13.5. The zero-order valence-electron chi connectivity index (χ0n) is 20.4. The van der Waals surface area contributed by atoms with Crippen molar-refractivity contribution in [1.29, 1.82) is 0 Å². The number of fused-ring (bicyclic) bond motifs is 1. The lowest BCUT2D eigenvalue weighted by molar-refractivity contribution is -0.143. The number of hydrogen-bond donors (Lipinski definition) is 1. The van der Waals surface area contributed by atoms with Gasteiger partial charge in [-0.25, -0.2) is 0 Å². The maximum Gasteiger partial charge on any atom is 0.306 e. The Morgan fingerprint density at radius 3 is 2.30 bits per heavy atom. The fourth-order valence-corrected chi connectivity index (χ4v) is 5.02. The van der Waals surface area contributed by atoms with Crippen LogP contribution in [-0.4, -0.2) is 47.4 Å². The van der Waals surface area contributed by atoms with Gasteiger partial charge in [0.05, 0.1) is 24.2 Å². The van der Waals surface area contributed by atoms with Crippen LogP contribution in [0.4, 0.5) is 0 Å². The summed E-state index contributed by atoms with van der Waals surface area (Å²) in [7, 11) is 0. The molecule has 0 aromatic heterocycles. The average molecular weight is 454 g/mol. The predicted molar refractivity (Wildman–Crippen MR) is 132 cm³/mol. The van der Waals surface area contributed by atoms with E-state index in [9.17, 15) is 9.90 Å². The first-order valence-electron chi connectivity index (χ1n) is 12.5. The zero-order chi connectivity index (χ0) is 23.4. The first kappa shape index (κ1) is 24.0. The van der Waals surface area contributed by atoms with E-state index in [-0.39, 0.29) is 11.5 Å². The third-order valence-corrected chi connectivity index (χ3v) is 7.07. The Hall–Kier alpha value is -2.11. The van der Waals surface area contributed by atoms with Crippen LogP contribution in [0.3, 0.4) is 0 Å². The van der Waals surface area contributed by atoms with Gasteiger partial charge in [0.2, 0.25) is 0 Å². The van der Waals surface area contributed by atoms with Gasteiger partial charge in [0.25, 0.3) is 0 Å². The molecular weight excluding hydrogens is 414 g/mol. The molecule has 2 aromatic rings. The molecule has 0 unspecified atom stereocenters. The summed E-state index contributed by atoms with van der Waals surface area (Å²) in [6, 6.07) is 13.0. The number of nitrogens with zero attached hydrogens (tertiary/aromatic N) is 1. The number of carboxylic acids is 1. The topological polar surface area (TPSA) is 59.0 Å². The zero-order valence-corrected chi connectivity index (χ0v) is 20.4. The quantitative estimate of drug-likeness (QED) is 0.566. The van der Waals surface area contributed by atoms with E-state index in [2.05, 4.69) is 62.1 Å². The number of carbonyl (C=O) groups is 1.